The summed E-state index contributed by atoms with van der Waals surface area (Å²) in [6.07, 6.45) is 1.75. The number of nitrogens with one attached hydrogen (secondary N) is 1. The van der Waals surface area contributed by atoms with Gasteiger partial charge in [0.25, 0.3) is 0 Å². The molecule has 0 bridgehead atoms. The second kappa shape index (κ2) is 4.59. The third-order valence-electron chi connectivity index (χ3n) is 1.42. The highest BCUT2D eigenvalue weighted by atomic mass is 16.5. The van der Waals surface area contributed by atoms with Gasteiger partial charge in [0.2, 0.25) is 0 Å². The minimum atomic E-state index is 0.735. The van der Waals surface area contributed by atoms with Gasteiger partial charge in [0.15, 0.2) is 11.6 Å². The Morgan fingerprint density at radius 2 is 2.33 bits per heavy atom. The van der Waals surface area contributed by atoms with E-state index in [9.17, 15) is 0 Å². The van der Waals surface area contributed by atoms with Gasteiger partial charge in [-0.3, -0.25) is 0 Å². The van der Waals surface area contributed by atoms with Crippen LogP contribution in [0.2, 0.25) is 0 Å². The van der Waals surface area contributed by atoms with Crippen molar-refractivity contribution in [2.75, 3.05) is 18.5 Å². The van der Waals surface area contributed by atoms with E-state index in [1.165, 1.54) is 0 Å². The van der Waals surface area contributed by atoms with E-state index in [4.69, 9.17) is 4.74 Å². The number of hydrogen-bond acceptors (Lipinski definition) is 3. The summed E-state index contributed by atoms with van der Waals surface area (Å²) in [5, 5.41) is 3.13. The molecule has 1 aromatic heterocycles. The van der Waals surface area contributed by atoms with Crippen molar-refractivity contribution in [3.8, 4) is 5.75 Å². The first-order chi connectivity index (χ1) is 5.97. The van der Waals surface area contributed by atoms with E-state index in [1.807, 2.05) is 26.0 Å². The molecule has 2 rings (SSSR count). The molecule has 1 aromatic rings. The molecule has 66 valence electrons. The molecule has 0 aromatic carbocycles. The first-order valence-corrected chi connectivity index (χ1v) is 4.28. The van der Waals surface area contributed by atoms with Gasteiger partial charge < -0.3 is 10.1 Å². The number of pyridine rings is 1. The number of nitrogens with zero attached hydrogens (tertiary/aromatic N) is 1. The average Bonchev–Trinajstić information content (AvgIpc) is 2.21. The Morgan fingerprint density at radius 1 is 1.50 bits per heavy atom. The molecule has 0 fully saturated rings. The van der Waals surface area contributed by atoms with Crippen molar-refractivity contribution in [3.63, 3.8) is 0 Å². The fourth-order valence-electron chi connectivity index (χ4n) is 0.970. The second-order valence-corrected chi connectivity index (χ2v) is 2.13. The van der Waals surface area contributed by atoms with Crippen LogP contribution in [0.3, 0.4) is 0 Å². The maximum Gasteiger partial charge on any atom is 0.168 e. The van der Waals surface area contributed by atoms with Gasteiger partial charge in [-0.05, 0) is 12.1 Å². The fraction of sp³-hybridized carbons (Fsp3) is 0.444. The van der Waals surface area contributed by atoms with Crippen LogP contribution in [0.1, 0.15) is 13.8 Å². The Morgan fingerprint density at radius 3 is 3.08 bits per heavy atom. The summed E-state index contributed by atoms with van der Waals surface area (Å²) in [7, 11) is 0. The van der Waals surface area contributed by atoms with Crippen LogP contribution in [0, 0.1) is 0 Å². The van der Waals surface area contributed by atoms with E-state index in [-0.39, 0.29) is 0 Å². The molecule has 0 atom stereocenters. The van der Waals surface area contributed by atoms with Crippen molar-refractivity contribution < 1.29 is 4.74 Å². The highest BCUT2D eigenvalue weighted by Crippen LogP contribution is 2.22. The van der Waals surface area contributed by atoms with Crippen LogP contribution in [-0.2, 0) is 0 Å². The molecule has 0 amide bonds. The summed E-state index contributed by atoms with van der Waals surface area (Å²) in [6, 6.07) is 3.78. The van der Waals surface area contributed by atoms with Crippen molar-refractivity contribution in [3.05, 3.63) is 18.3 Å². The van der Waals surface area contributed by atoms with Crippen molar-refractivity contribution >= 4 is 5.82 Å². The van der Waals surface area contributed by atoms with Gasteiger partial charge >= 0.3 is 0 Å². The number of aromatic nitrogens is 1. The second-order valence-electron chi connectivity index (χ2n) is 2.13. The molecule has 1 aliphatic heterocycles. The lowest BCUT2D eigenvalue weighted by molar-refractivity contribution is 0.321. The lowest BCUT2D eigenvalue weighted by atomic mass is 10.4. The molecule has 2 heterocycles. The minimum absolute atomic E-state index is 0.735. The van der Waals surface area contributed by atoms with Crippen LogP contribution < -0.4 is 10.1 Å². The highest BCUT2D eigenvalue weighted by molar-refractivity contribution is 5.50. The van der Waals surface area contributed by atoms with E-state index >= 15 is 0 Å². The Bertz CT molecular complexity index is 213. The van der Waals surface area contributed by atoms with Crippen molar-refractivity contribution in [1.29, 1.82) is 0 Å². The Balaban J connectivity index is 0.000000336. The molecular formula is C9H14N2O. The zero-order valence-electron chi connectivity index (χ0n) is 7.50. The van der Waals surface area contributed by atoms with E-state index in [2.05, 4.69) is 10.3 Å². The maximum absolute atomic E-state index is 5.30. The van der Waals surface area contributed by atoms with Crippen molar-refractivity contribution in [2.45, 2.75) is 13.8 Å². The summed E-state index contributed by atoms with van der Waals surface area (Å²) in [5.74, 6) is 1.71. The summed E-state index contributed by atoms with van der Waals surface area (Å²) in [6.45, 7) is 5.59. The van der Waals surface area contributed by atoms with Crippen LogP contribution in [0.4, 0.5) is 5.82 Å². The number of hydrogen-bond donors (Lipinski definition) is 1. The quantitative estimate of drug-likeness (QED) is 0.639. The number of anilines is 1. The molecular weight excluding hydrogens is 152 g/mol. The average molecular weight is 166 g/mol. The predicted octanol–water partition coefficient (Wildman–Crippen LogP) is 1.91. The van der Waals surface area contributed by atoms with Gasteiger partial charge in [0.05, 0.1) is 6.54 Å². The molecule has 0 saturated carbocycles. The molecule has 12 heavy (non-hydrogen) atoms. The summed E-state index contributed by atoms with van der Waals surface area (Å²) >= 11 is 0. The van der Waals surface area contributed by atoms with Gasteiger partial charge in [-0.2, -0.15) is 0 Å². The van der Waals surface area contributed by atoms with Crippen LogP contribution in [-0.4, -0.2) is 18.1 Å². The van der Waals surface area contributed by atoms with Crippen molar-refractivity contribution in [2.24, 2.45) is 0 Å². The van der Waals surface area contributed by atoms with Gasteiger partial charge in [-0.1, -0.05) is 13.8 Å². The normalized spacial score (nSPS) is 12.8. The minimum Gasteiger partial charge on any atom is -0.488 e. The molecule has 3 heteroatoms. The molecule has 0 aliphatic carbocycles. The van der Waals surface area contributed by atoms with E-state index in [0.717, 1.165) is 24.7 Å². The summed E-state index contributed by atoms with van der Waals surface area (Å²) in [5.41, 5.74) is 0. The van der Waals surface area contributed by atoms with Gasteiger partial charge in [-0.25, -0.2) is 4.98 Å². The topological polar surface area (TPSA) is 34.1 Å². The van der Waals surface area contributed by atoms with E-state index < -0.39 is 0 Å². The van der Waals surface area contributed by atoms with Gasteiger partial charge in [0, 0.05) is 6.20 Å². The lowest BCUT2D eigenvalue weighted by Gasteiger charge is -2.16. The molecule has 1 aliphatic rings. The Hall–Kier alpha value is -1.25. The van der Waals surface area contributed by atoms with Gasteiger partial charge in [-0.15, -0.1) is 0 Å². The van der Waals surface area contributed by atoms with E-state index in [1.54, 1.807) is 6.20 Å². The third kappa shape index (κ3) is 1.87. The molecule has 1 N–H and O–H groups in total. The monoisotopic (exact) mass is 166 g/mol. The molecule has 0 saturated heterocycles. The Kier molecular flexibility index (Phi) is 3.38. The van der Waals surface area contributed by atoms with Crippen LogP contribution >= 0.6 is 0 Å². The number of fused-ring (bicyclic) bond motifs is 1. The summed E-state index contributed by atoms with van der Waals surface area (Å²) < 4.78 is 5.30. The number of rotatable bonds is 0. The molecule has 3 nitrogen and oxygen atoms in total. The highest BCUT2D eigenvalue weighted by Gasteiger charge is 2.07. The van der Waals surface area contributed by atoms with Crippen molar-refractivity contribution in [1.82, 2.24) is 4.98 Å². The third-order valence-corrected chi connectivity index (χ3v) is 1.42. The van der Waals surface area contributed by atoms with Crippen LogP contribution in [0.15, 0.2) is 18.3 Å². The SMILES string of the molecule is CC.c1cnc2c(c1)OCCN2. The molecule has 0 radical (unpaired) electrons. The van der Waals surface area contributed by atoms with Crippen LogP contribution in [0.5, 0.6) is 5.75 Å². The smallest absolute Gasteiger partial charge is 0.168 e. The molecule has 0 unspecified atom stereocenters. The largest absolute Gasteiger partial charge is 0.488 e. The zero-order valence-corrected chi connectivity index (χ0v) is 7.50. The maximum atomic E-state index is 5.30. The summed E-state index contributed by atoms with van der Waals surface area (Å²) in [4.78, 5) is 4.08. The fourth-order valence-corrected chi connectivity index (χ4v) is 0.970. The van der Waals surface area contributed by atoms with E-state index in [0.29, 0.717) is 0 Å². The Labute approximate surface area is 72.8 Å². The standard InChI is InChI=1S/C7H8N2O.C2H6/c1-2-6-7(8-3-1)9-4-5-10-6;1-2/h1-3H,4-5H2,(H,8,9);1-2H3. The lowest BCUT2D eigenvalue weighted by Crippen LogP contribution is -2.18. The van der Waals surface area contributed by atoms with Gasteiger partial charge in [0.1, 0.15) is 6.61 Å². The first kappa shape index (κ1) is 8.84. The molecule has 0 spiro atoms. The zero-order chi connectivity index (χ0) is 8.81. The number of ether oxygens (including phenoxy) is 1. The van der Waals surface area contributed by atoms with Crippen LogP contribution in [0.25, 0.3) is 0 Å². The first-order valence-electron chi connectivity index (χ1n) is 4.28. The predicted molar refractivity (Wildman–Crippen MR) is 49.6 cm³/mol.